The van der Waals surface area contributed by atoms with Crippen molar-refractivity contribution in [1.82, 2.24) is 15.4 Å². The van der Waals surface area contributed by atoms with Crippen LogP contribution in [0.1, 0.15) is 24.3 Å². The molecule has 0 saturated heterocycles. The highest BCUT2D eigenvalue weighted by Crippen LogP contribution is 2.17. The number of nitrogen functional groups attached to an aromatic ring is 1. The van der Waals surface area contributed by atoms with Gasteiger partial charge in [-0.25, -0.2) is 0 Å². The van der Waals surface area contributed by atoms with Gasteiger partial charge in [-0.05, 0) is 38.1 Å². The van der Waals surface area contributed by atoms with Crippen molar-refractivity contribution in [3.8, 4) is 5.75 Å². The van der Waals surface area contributed by atoms with E-state index in [9.17, 15) is 4.79 Å². The summed E-state index contributed by atoms with van der Waals surface area (Å²) in [5.74, 6) is 0.398. The molecule has 0 aliphatic carbocycles. The van der Waals surface area contributed by atoms with E-state index in [0.717, 1.165) is 5.75 Å². The van der Waals surface area contributed by atoms with Gasteiger partial charge in [-0.1, -0.05) is 0 Å². The minimum Gasteiger partial charge on any atom is -0.491 e. The number of aromatic nitrogens is 3. The van der Waals surface area contributed by atoms with Gasteiger partial charge in [0.25, 0.3) is 5.91 Å². The predicted molar refractivity (Wildman–Crippen MR) is 71.0 cm³/mol. The van der Waals surface area contributed by atoms with Gasteiger partial charge < -0.3 is 15.8 Å². The molecule has 0 aliphatic heterocycles. The fourth-order valence-corrected chi connectivity index (χ4v) is 1.49. The molecule has 0 spiro atoms. The average molecular weight is 261 g/mol. The number of carbonyl (C=O) groups is 1. The van der Waals surface area contributed by atoms with E-state index in [2.05, 4.69) is 20.7 Å². The van der Waals surface area contributed by atoms with Gasteiger partial charge in [0, 0.05) is 5.69 Å². The summed E-state index contributed by atoms with van der Waals surface area (Å²) in [6, 6.07) is 7.04. The van der Waals surface area contributed by atoms with E-state index < -0.39 is 5.91 Å². The van der Waals surface area contributed by atoms with Crippen LogP contribution in [0.5, 0.6) is 5.75 Å². The Bertz CT molecular complexity index is 562. The fourth-order valence-electron chi connectivity index (χ4n) is 1.49. The molecule has 1 aromatic heterocycles. The Morgan fingerprint density at radius 2 is 2.00 bits per heavy atom. The number of amides is 1. The molecule has 0 fully saturated rings. The first-order chi connectivity index (χ1) is 9.06. The number of aromatic amines is 1. The van der Waals surface area contributed by atoms with Crippen molar-refractivity contribution < 1.29 is 9.53 Å². The van der Waals surface area contributed by atoms with Crippen LogP contribution in [0.15, 0.2) is 24.3 Å². The van der Waals surface area contributed by atoms with E-state index >= 15 is 0 Å². The average Bonchev–Trinajstić information content (AvgIpc) is 2.77. The fraction of sp³-hybridized carbons (Fsp3) is 0.250. The molecular weight excluding hydrogens is 246 g/mol. The first-order valence-electron chi connectivity index (χ1n) is 5.80. The van der Waals surface area contributed by atoms with Gasteiger partial charge in [0.15, 0.2) is 11.5 Å². The number of nitrogens with two attached hydrogens (primary N) is 1. The molecule has 100 valence electrons. The molecule has 0 saturated carbocycles. The summed E-state index contributed by atoms with van der Waals surface area (Å²) in [6.45, 7) is 3.89. The van der Waals surface area contributed by atoms with Gasteiger partial charge in [-0.15, -0.1) is 10.2 Å². The highest BCUT2D eigenvalue weighted by Gasteiger charge is 2.14. The number of H-pyrrole nitrogens is 1. The van der Waals surface area contributed by atoms with Crippen LogP contribution < -0.4 is 15.8 Å². The van der Waals surface area contributed by atoms with Crippen molar-refractivity contribution in [2.24, 2.45) is 0 Å². The Labute approximate surface area is 110 Å². The zero-order valence-corrected chi connectivity index (χ0v) is 10.7. The third kappa shape index (κ3) is 3.21. The topological polar surface area (TPSA) is 106 Å². The molecule has 7 heteroatoms. The third-order valence-corrected chi connectivity index (χ3v) is 2.27. The second-order valence-electron chi connectivity index (χ2n) is 4.20. The number of nitrogens with zero attached hydrogens (tertiary/aromatic N) is 2. The van der Waals surface area contributed by atoms with Crippen LogP contribution in [0.3, 0.4) is 0 Å². The van der Waals surface area contributed by atoms with E-state index in [1.807, 2.05) is 13.8 Å². The standard InChI is InChI=1S/C12H15N5O2/c1-7(2)19-9-5-3-8(4-6-9)14-12(18)10-11(13)16-17-15-10/h3-7H,1-2H3,(H,14,18)(H3,13,15,16,17). The molecule has 2 rings (SSSR count). The Morgan fingerprint density at radius 1 is 1.32 bits per heavy atom. The maximum atomic E-state index is 11.8. The minimum absolute atomic E-state index is 0.0669. The van der Waals surface area contributed by atoms with Crippen molar-refractivity contribution >= 4 is 17.4 Å². The number of benzene rings is 1. The largest absolute Gasteiger partial charge is 0.491 e. The van der Waals surface area contributed by atoms with Crippen molar-refractivity contribution in [2.75, 3.05) is 11.1 Å². The van der Waals surface area contributed by atoms with Crippen LogP contribution >= 0.6 is 0 Å². The van der Waals surface area contributed by atoms with Crippen LogP contribution in [0.2, 0.25) is 0 Å². The van der Waals surface area contributed by atoms with Crippen molar-refractivity contribution in [1.29, 1.82) is 0 Å². The molecule has 4 N–H and O–H groups in total. The predicted octanol–water partition coefficient (Wildman–Crippen LogP) is 1.43. The number of ether oxygens (including phenoxy) is 1. The minimum atomic E-state index is -0.413. The Morgan fingerprint density at radius 3 is 2.53 bits per heavy atom. The summed E-state index contributed by atoms with van der Waals surface area (Å²) in [5, 5.41) is 12.2. The molecule has 0 unspecified atom stereocenters. The molecule has 0 aliphatic rings. The number of hydrogen-bond acceptors (Lipinski definition) is 5. The molecule has 19 heavy (non-hydrogen) atoms. The lowest BCUT2D eigenvalue weighted by Gasteiger charge is -2.10. The molecule has 0 atom stereocenters. The molecule has 1 heterocycles. The van der Waals surface area contributed by atoms with Crippen LogP contribution in [0, 0.1) is 0 Å². The normalized spacial score (nSPS) is 10.5. The monoisotopic (exact) mass is 261 g/mol. The van der Waals surface area contributed by atoms with E-state index in [0.29, 0.717) is 5.69 Å². The summed E-state index contributed by atoms with van der Waals surface area (Å²) in [5.41, 5.74) is 6.19. The quantitative estimate of drug-likeness (QED) is 0.771. The second-order valence-corrected chi connectivity index (χ2v) is 4.20. The SMILES string of the molecule is CC(C)Oc1ccc(NC(=O)c2n[nH]nc2N)cc1. The molecule has 7 nitrogen and oxygen atoms in total. The van der Waals surface area contributed by atoms with Gasteiger partial charge in [0.2, 0.25) is 0 Å². The zero-order valence-electron chi connectivity index (χ0n) is 10.7. The highest BCUT2D eigenvalue weighted by atomic mass is 16.5. The van der Waals surface area contributed by atoms with Gasteiger partial charge in [0.1, 0.15) is 5.75 Å². The first kappa shape index (κ1) is 12.9. The summed E-state index contributed by atoms with van der Waals surface area (Å²) in [4.78, 5) is 11.8. The van der Waals surface area contributed by atoms with Gasteiger partial charge in [0.05, 0.1) is 6.10 Å². The van der Waals surface area contributed by atoms with E-state index in [1.54, 1.807) is 24.3 Å². The van der Waals surface area contributed by atoms with Crippen LogP contribution in [-0.2, 0) is 0 Å². The van der Waals surface area contributed by atoms with Crippen molar-refractivity contribution in [2.45, 2.75) is 20.0 Å². The van der Waals surface area contributed by atoms with Crippen LogP contribution in [0.25, 0.3) is 0 Å². The van der Waals surface area contributed by atoms with Gasteiger partial charge in [-0.3, -0.25) is 4.79 Å². The summed E-state index contributed by atoms with van der Waals surface area (Å²) >= 11 is 0. The number of carbonyl (C=O) groups excluding carboxylic acids is 1. The Kier molecular flexibility index (Phi) is 3.65. The van der Waals surface area contributed by atoms with Crippen molar-refractivity contribution in [3.63, 3.8) is 0 Å². The van der Waals surface area contributed by atoms with E-state index in [1.165, 1.54) is 0 Å². The molecule has 2 aromatic rings. The molecule has 0 bridgehead atoms. The van der Waals surface area contributed by atoms with Gasteiger partial charge in [-0.2, -0.15) is 5.21 Å². The molecule has 1 aromatic carbocycles. The lowest BCUT2D eigenvalue weighted by Crippen LogP contribution is -2.14. The van der Waals surface area contributed by atoms with Crippen LogP contribution in [0.4, 0.5) is 11.5 Å². The Hall–Kier alpha value is -2.57. The van der Waals surface area contributed by atoms with Crippen LogP contribution in [-0.4, -0.2) is 27.4 Å². The summed E-state index contributed by atoms with van der Waals surface area (Å²) in [6.07, 6.45) is 0.107. The zero-order chi connectivity index (χ0) is 13.8. The number of hydrogen-bond donors (Lipinski definition) is 3. The lowest BCUT2D eigenvalue weighted by atomic mass is 10.3. The lowest BCUT2D eigenvalue weighted by molar-refractivity contribution is 0.102. The maximum absolute atomic E-state index is 11.8. The van der Waals surface area contributed by atoms with Gasteiger partial charge >= 0.3 is 0 Å². The van der Waals surface area contributed by atoms with E-state index in [4.69, 9.17) is 10.5 Å². The van der Waals surface area contributed by atoms with E-state index in [-0.39, 0.29) is 17.6 Å². The Balaban J connectivity index is 2.04. The number of rotatable bonds is 4. The second kappa shape index (κ2) is 5.38. The number of anilines is 2. The van der Waals surface area contributed by atoms with Crippen molar-refractivity contribution in [3.05, 3.63) is 30.0 Å². The molecular formula is C12H15N5O2. The third-order valence-electron chi connectivity index (χ3n) is 2.27. The molecule has 1 amide bonds. The number of nitrogens with one attached hydrogen (secondary N) is 2. The smallest absolute Gasteiger partial charge is 0.280 e. The maximum Gasteiger partial charge on any atom is 0.280 e. The first-order valence-corrected chi connectivity index (χ1v) is 5.80. The molecule has 0 radical (unpaired) electrons. The summed E-state index contributed by atoms with van der Waals surface area (Å²) < 4.78 is 5.51. The summed E-state index contributed by atoms with van der Waals surface area (Å²) in [7, 11) is 0. The highest BCUT2D eigenvalue weighted by molar-refractivity contribution is 6.05.